The van der Waals surface area contributed by atoms with Gasteiger partial charge in [0.05, 0.1) is 0 Å². The lowest BCUT2D eigenvalue weighted by Gasteiger charge is -1.65. The molecule has 0 heterocycles. The Kier molecular flexibility index (Phi) is 1.09. The first-order valence-electron chi connectivity index (χ1n) is 0.655. The van der Waals surface area contributed by atoms with Gasteiger partial charge in [-0.25, -0.2) is 0 Å². The van der Waals surface area contributed by atoms with Crippen molar-refractivity contribution in [1.29, 1.82) is 0 Å². The van der Waals surface area contributed by atoms with Crippen molar-refractivity contribution in [1.82, 2.24) is 0 Å². The maximum atomic E-state index is 9.67. The zero-order valence-electron chi connectivity index (χ0n) is 1.71. The highest BCUT2D eigenvalue weighted by Gasteiger charge is 1.86. The summed E-state index contributed by atoms with van der Waals surface area (Å²) < 4.78 is 29.0. The SMILES string of the molecule is F[14CH](F)F. The van der Waals surface area contributed by atoms with Crippen LogP contribution in [0.1, 0.15) is 0 Å². The molecule has 0 aromatic rings. The van der Waals surface area contributed by atoms with E-state index in [4.69, 9.17) is 0 Å². The van der Waals surface area contributed by atoms with Gasteiger partial charge < -0.3 is 0 Å². The highest BCUT2D eigenvalue weighted by Crippen LogP contribution is 1.87. The van der Waals surface area contributed by atoms with Crippen molar-refractivity contribution in [2.75, 3.05) is 0 Å². The van der Waals surface area contributed by atoms with Crippen LogP contribution in [-0.2, 0) is 0 Å². The molecule has 0 rings (SSSR count). The lowest BCUT2D eigenvalue weighted by atomic mass is 13.5. The zero-order valence-corrected chi connectivity index (χ0v) is 1.71. The first kappa shape index (κ1) is 3.79. The molecule has 0 aromatic carbocycles. The average molecular weight is 72.0 g/mol. The molecular weight excluding hydrogens is 71.0 g/mol. The van der Waals surface area contributed by atoms with Gasteiger partial charge in [-0.05, 0) is 0 Å². The van der Waals surface area contributed by atoms with Crippen LogP contribution >= 0.6 is 0 Å². The van der Waals surface area contributed by atoms with E-state index >= 15 is 0 Å². The number of hydrogen-bond acceptors (Lipinski definition) is 0. The maximum absolute atomic E-state index is 9.67. The molecule has 0 nitrogen and oxygen atoms in total. The summed E-state index contributed by atoms with van der Waals surface area (Å²) in [5.41, 5.74) is 0. The third-order valence-electron chi connectivity index (χ3n) is 0. The number of alkyl halides is 3. The highest BCUT2D eigenvalue weighted by atomic mass is 19.5. The van der Waals surface area contributed by atoms with Gasteiger partial charge in [-0.1, -0.05) is 0 Å². The molecule has 4 heavy (non-hydrogen) atoms. The van der Waals surface area contributed by atoms with Crippen LogP contribution in [0.4, 0.5) is 13.2 Å². The van der Waals surface area contributed by atoms with Gasteiger partial charge in [-0.2, -0.15) is 13.2 Å². The number of hydrogen-bond donors (Lipinski definition) is 0. The lowest BCUT2D eigenvalue weighted by Crippen LogP contribution is -1.65. The Balaban J connectivity index is 2.32. The summed E-state index contributed by atoms with van der Waals surface area (Å²) in [6.07, 6.45) is 0. The van der Waals surface area contributed by atoms with E-state index in [-0.39, 0.29) is 0 Å². The van der Waals surface area contributed by atoms with Gasteiger partial charge in [-0.15, -0.1) is 0 Å². The molecule has 0 fully saturated rings. The van der Waals surface area contributed by atoms with Gasteiger partial charge in [-0.3, -0.25) is 0 Å². The molecule has 0 unspecified atom stereocenters. The molecule has 0 saturated carbocycles. The number of halogens is 3. The molecule has 0 spiro atoms. The van der Waals surface area contributed by atoms with Crippen LogP contribution in [0.15, 0.2) is 0 Å². The largest absolute Gasteiger partial charge is 0.379 e. The molecule has 0 bridgehead atoms. The summed E-state index contributed by atoms with van der Waals surface area (Å²) in [4.78, 5) is 0. The second kappa shape index (κ2) is 1.15. The van der Waals surface area contributed by atoms with Crippen molar-refractivity contribution in [3.63, 3.8) is 0 Å². The van der Waals surface area contributed by atoms with Gasteiger partial charge >= 0.3 is 6.68 Å². The Labute approximate surface area is 21.2 Å². The van der Waals surface area contributed by atoms with Crippen LogP contribution in [0.25, 0.3) is 0 Å². The minimum Gasteiger partial charge on any atom is -0.174 e. The van der Waals surface area contributed by atoms with Crippen molar-refractivity contribution in [2.24, 2.45) is 0 Å². The second-order valence-electron chi connectivity index (χ2n) is 0.247. The van der Waals surface area contributed by atoms with Gasteiger partial charge in [0.15, 0.2) is 0 Å². The van der Waals surface area contributed by atoms with Crippen LogP contribution in [0.5, 0.6) is 0 Å². The van der Waals surface area contributed by atoms with E-state index in [1.54, 1.807) is 0 Å². The average Bonchev–Trinajstić information content (AvgIpc) is 0.811. The van der Waals surface area contributed by atoms with E-state index in [9.17, 15) is 13.2 Å². The molecule has 0 saturated heterocycles. The third-order valence-corrected chi connectivity index (χ3v) is 0. The lowest BCUT2D eigenvalue weighted by molar-refractivity contribution is 0.00820. The summed E-state index contributed by atoms with van der Waals surface area (Å²) in [7, 11) is 0. The van der Waals surface area contributed by atoms with Gasteiger partial charge in [0.2, 0.25) is 0 Å². The van der Waals surface area contributed by atoms with Crippen molar-refractivity contribution in [3.05, 3.63) is 0 Å². The Morgan fingerprint density at radius 3 is 1.00 bits per heavy atom. The first-order valence-corrected chi connectivity index (χ1v) is 0.655. The molecule has 26 valence electrons. The summed E-state index contributed by atoms with van der Waals surface area (Å²) in [5, 5.41) is 0. The highest BCUT2D eigenvalue weighted by molar-refractivity contribution is 3.83. The molecule has 0 aliphatic carbocycles. The molecule has 0 radical (unpaired) electrons. The minimum atomic E-state index is -3.67. The Bertz CT molecular complexity index is 8.00. The molecule has 0 aliphatic heterocycles. The van der Waals surface area contributed by atoms with E-state index in [1.165, 1.54) is 0 Å². The van der Waals surface area contributed by atoms with E-state index in [0.29, 0.717) is 0 Å². The van der Waals surface area contributed by atoms with Crippen LogP contribution in [-0.4, -0.2) is 6.68 Å². The summed E-state index contributed by atoms with van der Waals surface area (Å²) >= 11 is 0. The fraction of sp³-hybridized carbons (Fsp3) is 1.00. The topological polar surface area (TPSA) is 0 Å². The Morgan fingerprint density at radius 1 is 1.00 bits per heavy atom. The van der Waals surface area contributed by atoms with Crippen LogP contribution < -0.4 is 0 Å². The quantitative estimate of drug-likeness (QED) is 0.403. The van der Waals surface area contributed by atoms with Gasteiger partial charge in [0.25, 0.3) is 0 Å². The fourth-order valence-electron chi connectivity index (χ4n) is 0. The number of rotatable bonds is 0. The molecule has 0 aromatic heterocycles. The summed E-state index contributed by atoms with van der Waals surface area (Å²) in [5.74, 6) is 0. The monoisotopic (exact) mass is 72.0 g/mol. The van der Waals surface area contributed by atoms with Crippen LogP contribution in [0, 0.1) is 0 Å². The van der Waals surface area contributed by atoms with Gasteiger partial charge in [0, 0.05) is 0 Å². The molecule has 0 N–H and O–H groups in total. The normalized spacial score (nSPS) is 9.00. The Morgan fingerprint density at radius 2 is 1.00 bits per heavy atom. The molecule has 0 atom stereocenters. The molecule has 0 aliphatic rings. The third kappa shape index (κ3) is 25.3. The first-order chi connectivity index (χ1) is 1.73. The predicted octanol–water partition coefficient (Wildman–Crippen LogP) is 1.18. The molecule has 3 heteroatoms. The van der Waals surface area contributed by atoms with Crippen LogP contribution in [0.2, 0.25) is 0 Å². The van der Waals surface area contributed by atoms with Gasteiger partial charge in [0.1, 0.15) is 0 Å². The van der Waals surface area contributed by atoms with Crippen LogP contribution in [0.3, 0.4) is 0 Å². The molecule has 0 amide bonds. The van der Waals surface area contributed by atoms with E-state index in [2.05, 4.69) is 0 Å². The van der Waals surface area contributed by atoms with Crippen molar-refractivity contribution in [2.45, 2.75) is 6.68 Å². The smallest absolute Gasteiger partial charge is 0.174 e. The van der Waals surface area contributed by atoms with Crippen molar-refractivity contribution >= 4 is 0 Å². The summed E-state index contributed by atoms with van der Waals surface area (Å²) in [6.45, 7) is -3.67. The van der Waals surface area contributed by atoms with Crippen molar-refractivity contribution in [3.8, 4) is 0 Å². The predicted molar refractivity (Wildman–Crippen MR) is 7.11 cm³/mol. The maximum Gasteiger partial charge on any atom is 0.379 e. The minimum absolute atomic E-state index is 3.67. The molecular formula is CHF3. The van der Waals surface area contributed by atoms with Crippen molar-refractivity contribution < 1.29 is 13.2 Å². The Hall–Kier alpha value is -0.210. The standard InChI is InChI=1S/CHF3/c2-1(3)4/h1H/i1+2. The second-order valence-corrected chi connectivity index (χ2v) is 0.247. The fourth-order valence-corrected chi connectivity index (χ4v) is 0. The zero-order chi connectivity index (χ0) is 3.58. The van der Waals surface area contributed by atoms with E-state index in [1.807, 2.05) is 0 Å². The van der Waals surface area contributed by atoms with E-state index < -0.39 is 6.68 Å². The van der Waals surface area contributed by atoms with E-state index in [0.717, 1.165) is 0 Å². The summed E-state index contributed by atoms with van der Waals surface area (Å²) in [6, 6.07) is 0.